The van der Waals surface area contributed by atoms with Gasteiger partial charge in [0.1, 0.15) is 6.42 Å². The van der Waals surface area contributed by atoms with Gasteiger partial charge >= 0.3 is 0 Å². The summed E-state index contributed by atoms with van der Waals surface area (Å²) < 4.78 is 0. The quantitative estimate of drug-likeness (QED) is 0.719. The van der Waals surface area contributed by atoms with Crippen molar-refractivity contribution in [1.82, 2.24) is 4.90 Å². The first-order valence-corrected chi connectivity index (χ1v) is 8.71. The number of hydrogen-bond acceptors (Lipinski definition) is 2. The van der Waals surface area contributed by atoms with Crippen molar-refractivity contribution < 1.29 is 9.59 Å². The molecule has 4 nitrogen and oxygen atoms in total. The molecule has 2 rings (SSSR count). The summed E-state index contributed by atoms with van der Waals surface area (Å²) in [7, 11) is 0. The second kappa shape index (κ2) is 9.02. The van der Waals surface area contributed by atoms with Crippen molar-refractivity contribution in [2.24, 2.45) is 0 Å². The molecule has 0 spiro atoms. The third-order valence-electron chi connectivity index (χ3n) is 4.13. The van der Waals surface area contributed by atoms with Crippen molar-refractivity contribution in [1.29, 1.82) is 0 Å². The Bertz CT molecular complexity index is 684. The van der Waals surface area contributed by atoms with Gasteiger partial charge < -0.3 is 9.80 Å². The summed E-state index contributed by atoms with van der Waals surface area (Å²) in [4.78, 5) is 28.8. The highest BCUT2D eigenvalue weighted by atomic mass is 16.2. The average Bonchev–Trinajstić information content (AvgIpc) is 2.61. The van der Waals surface area contributed by atoms with Gasteiger partial charge in [0, 0.05) is 24.8 Å². The zero-order chi connectivity index (χ0) is 18.2. The van der Waals surface area contributed by atoms with Crippen molar-refractivity contribution in [3.8, 4) is 0 Å². The van der Waals surface area contributed by atoms with Crippen LogP contribution in [0.2, 0.25) is 0 Å². The zero-order valence-electron chi connectivity index (χ0n) is 15.2. The minimum Gasteiger partial charge on any atom is -0.336 e. The first-order valence-electron chi connectivity index (χ1n) is 8.71. The van der Waals surface area contributed by atoms with Gasteiger partial charge in [0.2, 0.25) is 11.8 Å². The van der Waals surface area contributed by atoms with Crippen LogP contribution in [0.5, 0.6) is 0 Å². The standard InChI is InChI=1S/C21H26N2O2/c1-4-22(19-13-9-6-10-14-19)20(24)15-21(25)23(17(2)3)16-18-11-7-5-8-12-18/h5-14,17H,4,15-16H2,1-3H3. The van der Waals surface area contributed by atoms with E-state index >= 15 is 0 Å². The van der Waals surface area contributed by atoms with Gasteiger partial charge in [0.15, 0.2) is 0 Å². The second-order valence-corrected chi connectivity index (χ2v) is 6.25. The zero-order valence-corrected chi connectivity index (χ0v) is 15.2. The highest BCUT2D eigenvalue weighted by molar-refractivity contribution is 6.05. The van der Waals surface area contributed by atoms with Crippen LogP contribution in [-0.2, 0) is 16.1 Å². The average molecular weight is 338 g/mol. The molecule has 2 amide bonds. The Labute approximate surface area is 150 Å². The van der Waals surface area contributed by atoms with Crippen LogP contribution in [0.25, 0.3) is 0 Å². The topological polar surface area (TPSA) is 40.6 Å². The molecule has 4 heteroatoms. The van der Waals surface area contributed by atoms with Crippen molar-refractivity contribution >= 4 is 17.5 Å². The molecule has 25 heavy (non-hydrogen) atoms. The van der Waals surface area contributed by atoms with Crippen LogP contribution >= 0.6 is 0 Å². The predicted molar refractivity (Wildman–Crippen MR) is 101 cm³/mol. The van der Waals surface area contributed by atoms with E-state index in [1.807, 2.05) is 81.4 Å². The van der Waals surface area contributed by atoms with Crippen LogP contribution in [-0.4, -0.2) is 29.3 Å². The van der Waals surface area contributed by atoms with E-state index in [0.717, 1.165) is 11.3 Å². The number of benzene rings is 2. The first kappa shape index (κ1) is 18.7. The molecular weight excluding hydrogens is 312 g/mol. The molecule has 0 atom stereocenters. The molecular formula is C21H26N2O2. The van der Waals surface area contributed by atoms with Gasteiger partial charge in [-0.2, -0.15) is 0 Å². The summed E-state index contributed by atoms with van der Waals surface area (Å²) in [5, 5.41) is 0. The van der Waals surface area contributed by atoms with E-state index in [-0.39, 0.29) is 24.3 Å². The minimum atomic E-state index is -0.169. The first-order chi connectivity index (χ1) is 12.0. The summed E-state index contributed by atoms with van der Waals surface area (Å²) in [6.45, 7) is 6.92. The lowest BCUT2D eigenvalue weighted by atomic mass is 10.1. The number of anilines is 1. The lowest BCUT2D eigenvalue weighted by Crippen LogP contribution is -2.40. The highest BCUT2D eigenvalue weighted by Crippen LogP contribution is 2.16. The van der Waals surface area contributed by atoms with Crippen LogP contribution in [0.1, 0.15) is 32.8 Å². The molecule has 0 bridgehead atoms. The van der Waals surface area contributed by atoms with E-state index in [9.17, 15) is 9.59 Å². The Morgan fingerprint density at radius 2 is 1.44 bits per heavy atom. The van der Waals surface area contributed by atoms with Crippen LogP contribution in [0.3, 0.4) is 0 Å². The Morgan fingerprint density at radius 3 is 1.96 bits per heavy atom. The molecule has 0 N–H and O–H groups in total. The van der Waals surface area contributed by atoms with E-state index in [1.165, 1.54) is 0 Å². The molecule has 0 saturated carbocycles. The largest absolute Gasteiger partial charge is 0.336 e. The summed E-state index contributed by atoms with van der Waals surface area (Å²) >= 11 is 0. The monoisotopic (exact) mass is 338 g/mol. The maximum absolute atomic E-state index is 12.7. The molecule has 0 aliphatic rings. The summed E-state index contributed by atoms with van der Waals surface area (Å²) in [6, 6.07) is 19.3. The maximum Gasteiger partial charge on any atom is 0.236 e. The Kier molecular flexibility index (Phi) is 6.75. The number of carbonyl (C=O) groups excluding carboxylic acids is 2. The molecule has 0 saturated heterocycles. The van der Waals surface area contributed by atoms with Gasteiger partial charge in [0.05, 0.1) is 0 Å². The van der Waals surface area contributed by atoms with Crippen molar-refractivity contribution in [3.63, 3.8) is 0 Å². The number of amides is 2. The van der Waals surface area contributed by atoms with Crippen LogP contribution in [0, 0.1) is 0 Å². The normalized spacial score (nSPS) is 10.6. The smallest absolute Gasteiger partial charge is 0.236 e. The van der Waals surface area contributed by atoms with E-state index in [4.69, 9.17) is 0 Å². The van der Waals surface area contributed by atoms with Crippen molar-refractivity contribution in [2.75, 3.05) is 11.4 Å². The Morgan fingerprint density at radius 1 is 0.880 bits per heavy atom. The Hall–Kier alpha value is -2.62. The van der Waals surface area contributed by atoms with Crippen molar-refractivity contribution in [2.45, 2.75) is 39.8 Å². The lowest BCUT2D eigenvalue weighted by Gasteiger charge is -2.28. The number of rotatable bonds is 7. The third-order valence-corrected chi connectivity index (χ3v) is 4.13. The minimum absolute atomic E-state index is 0.0345. The summed E-state index contributed by atoms with van der Waals surface area (Å²) in [5.41, 5.74) is 1.88. The van der Waals surface area contributed by atoms with Gasteiger partial charge in [-0.05, 0) is 38.5 Å². The van der Waals surface area contributed by atoms with Gasteiger partial charge in [0.25, 0.3) is 0 Å². The molecule has 0 radical (unpaired) electrons. The molecule has 0 fully saturated rings. The molecule has 2 aromatic carbocycles. The number of para-hydroxylation sites is 1. The number of hydrogen-bond donors (Lipinski definition) is 0. The van der Waals surface area contributed by atoms with Crippen LogP contribution in [0.4, 0.5) is 5.69 Å². The SMILES string of the molecule is CCN(C(=O)CC(=O)N(Cc1ccccc1)C(C)C)c1ccccc1. The summed E-state index contributed by atoms with van der Waals surface area (Å²) in [6.07, 6.45) is -0.117. The highest BCUT2D eigenvalue weighted by Gasteiger charge is 2.23. The van der Waals surface area contributed by atoms with Gasteiger partial charge in [-0.25, -0.2) is 0 Å². The fraction of sp³-hybridized carbons (Fsp3) is 0.333. The van der Waals surface area contributed by atoms with Crippen LogP contribution < -0.4 is 4.90 Å². The van der Waals surface area contributed by atoms with E-state index in [1.54, 1.807) is 9.80 Å². The number of nitrogens with zero attached hydrogens (tertiary/aromatic N) is 2. The molecule has 0 unspecified atom stereocenters. The van der Waals surface area contributed by atoms with Crippen LogP contribution in [0.15, 0.2) is 60.7 Å². The fourth-order valence-electron chi connectivity index (χ4n) is 2.78. The molecule has 132 valence electrons. The van der Waals surface area contributed by atoms with Crippen molar-refractivity contribution in [3.05, 3.63) is 66.2 Å². The molecule has 0 aliphatic heterocycles. The van der Waals surface area contributed by atoms with E-state index in [0.29, 0.717) is 13.1 Å². The second-order valence-electron chi connectivity index (χ2n) is 6.25. The summed E-state index contributed by atoms with van der Waals surface area (Å²) in [5.74, 6) is -0.310. The van der Waals surface area contributed by atoms with E-state index < -0.39 is 0 Å². The third kappa shape index (κ3) is 5.18. The van der Waals surface area contributed by atoms with Gasteiger partial charge in [-0.3, -0.25) is 9.59 Å². The molecule has 0 aliphatic carbocycles. The van der Waals surface area contributed by atoms with Gasteiger partial charge in [-0.1, -0.05) is 48.5 Å². The van der Waals surface area contributed by atoms with Gasteiger partial charge in [-0.15, -0.1) is 0 Å². The molecule has 0 aromatic heterocycles. The predicted octanol–water partition coefficient (Wildman–Crippen LogP) is 3.87. The maximum atomic E-state index is 12.7. The number of carbonyl (C=O) groups is 2. The lowest BCUT2D eigenvalue weighted by molar-refractivity contribution is -0.137. The fourth-order valence-corrected chi connectivity index (χ4v) is 2.78. The Balaban J connectivity index is 2.08. The molecule has 2 aromatic rings. The molecule has 0 heterocycles. The van der Waals surface area contributed by atoms with E-state index in [2.05, 4.69) is 0 Å².